The van der Waals surface area contributed by atoms with Gasteiger partial charge in [-0.2, -0.15) is 5.10 Å². The predicted octanol–water partition coefficient (Wildman–Crippen LogP) is 2.89. The number of halogens is 1. The van der Waals surface area contributed by atoms with E-state index >= 15 is 0 Å². The number of para-hydroxylation sites is 2. The van der Waals surface area contributed by atoms with Crippen molar-refractivity contribution in [1.29, 1.82) is 0 Å². The lowest BCUT2D eigenvalue weighted by atomic mass is 10.3. The summed E-state index contributed by atoms with van der Waals surface area (Å²) < 4.78 is 2.64. The molecular weight excluding hydrogens is 280 g/mol. The van der Waals surface area contributed by atoms with Crippen molar-refractivity contribution < 1.29 is 0 Å². The molecular formula is C12H9BrN4. The fourth-order valence-corrected chi connectivity index (χ4v) is 2.00. The average molecular weight is 289 g/mol. The van der Waals surface area contributed by atoms with E-state index in [-0.39, 0.29) is 0 Å². The quantitative estimate of drug-likeness (QED) is 0.692. The standard InChI is InChI=1S/C12H9BrN4/c1-8-12(17-7-9(13)6-14-17)16-11-5-3-2-4-10(11)15-8/h2-7H,1H3. The van der Waals surface area contributed by atoms with Gasteiger partial charge in [0.15, 0.2) is 5.82 Å². The summed E-state index contributed by atoms with van der Waals surface area (Å²) in [7, 11) is 0. The molecule has 4 nitrogen and oxygen atoms in total. The average Bonchev–Trinajstić information content (AvgIpc) is 2.75. The lowest BCUT2D eigenvalue weighted by molar-refractivity contribution is 0.833. The molecule has 0 radical (unpaired) electrons. The van der Waals surface area contributed by atoms with E-state index in [0.717, 1.165) is 27.0 Å². The Morgan fingerprint density at radius 3 is 2.47 bits per heavy atom. The van der Waals surface area contributed by atoms with E-state index in [1.807, 2.05) is 37.4 Å². The Balaban J connectivity index is 2.26. The maximum atomic E-state index is 4.58. The molecule has 0 bridgehead atoms. The fourth-order valence-electron chi connectivity index (χ4n) is 1.71. The summed E-state index contributed by atoms with van der Waals surface area (Å²) in [4.78, 5) is 9.10. The van der Waals surface area contributed by atoms with Crippen LogP contribution in [0.1, 0.15) is 5.69 Å². The van der Waals surface area contributed by atoms with E-state index < -0.39 is 0 Å². The van der Waals surface area contributed by atoms with Gasteiger partial charge in [-0.3, -0.25) is 0 Å². The van der Waals surface area contributed by atoms with Crippen LogP contribution < -0.4 is 0 Å². The number of hydrogen-bond acceptors (Lipinski definition) is 3. The Hall–Kier alpha value is -1.75. The highest BCUT2D eigenvalue weighted by atomic mass is 79.9. The first-order valence-corrected chi connectivity index (χ1v) is 5.97. The van der Waals surface area contributed by atoms with Gasteiger partial charge in [0.25, 0.3) is 0 Å². The maximum Gasteiger partial charge on any atom is 0.175 e. The number of aromatic nitrogens is 4. The molecule has 0 unspecified atom stereocenters. The monoisotopic (exact) mass is 288 g/mol. The second-order valence-electron chi connectivity index (χ2n) is 3.72. The normalized spacial score (nSPS) is 10.9. The van der Waals surface area contributed by atoms with E-state index in [0.29, 0.717) is 0 Å². The molecule has 0 aliphatic heterocycles. The molecule has 0 amide bonds. The zero-order valence-corrected chi connectivity index (χ0v) is 10.7. The van der Waals surface area contributed by atoms with Crippen molar-refractivity contribution in [3.63, 3.8) is 0 Å². The van der Waals surface area contributed by atoms with Gasteiger partial charge >= 0.3 is 0 Å². The van der Waals surface area contributed by atoms with Crippen LogP contribution in [0.2, 0.25) is 0 Å². The number of fused-ring (bicyclic) bond motifs is 1. The first-order chi connectivity index (χ1) is 8.24. The topological polar surface area (TPSA) is 43.6 Å². The van der Waals surface area contributed by atoms with Gasteiger partial charge in [0, 0.05) is 6.20 Å². The third kappa shape index (κ3) is 1.82. The third-order valence-corrected chi connectivity index (χ3v) is 2.90. The molecule has 0 saturated heterocycles. The van der Waals surface area contributed by atoms with Crippen molar-refractivity contribution in [3.05, 3.63) is 46.8 Å². The van der Waals surface area contributed by atoms with Crippen molar-refractivity contribution in [2.75, 3.05) is 0 Å². The van der Waals surface area contributed by atoms with Crippen LogP contribution in [0.3, 0.4) is 0 Å². The zero-order valence-electron chi connectivity index (χ0n) is 9.13. The van der Waals surface area contributed by atoms with Crippen molar-refractivity contribution in [2.45, 2.75) is 6.92 Å². The Bertz CT molecular complexity index is 690. The summed E-state index contributed by atoms with van der Waals surface area (Å²) in [6, 6.07) is 7.82. The summed E-state index contributed by atoms with van der Waals surface area (Å²) in [5, 5.41) is 4.22. The minimum atomic E-state index is 0.759. The van der Waals surface area contributed by atoms with E-state index in [2.05, 4.69) is 31.0 Å². The smallest absolute Gasteiger partial charge is 0.175 e. The highest BCUT2D eigenvalue weighted by Gasteiger charge is 2.07. The molecule has 0 saturated carbocycles. The van der Waals surface area contributed by atoms with Crippen LogP contribution >= 0.6 is 15.9 Å². The van der Waals surface area contributed by atoms with Crippen LogP contribution in [-0.2, 0) is 0 Å². The third-order valence-electron chi connectivity index (χ3n) is 2.49. The SMILES string of the molecule is Cc1nc2ccccc2nc1-n1cc(Br)cn1. The van der Waals surface area contributed by atoms with E-state index in [4.69, 9.17) is 0 Å². The Morgan fingerprint density at radius 2 is 1.82 bits per heavy atom. The van der Waals surface area contributed by atoms with Gasteiger partial charge in [0.1, 0.15) is 0 Å². The van der Waals surface area contributed by atoms with Gasteiger partial charge in [-0.15, -0.1) is 0 Å². The van der Waals surface area contributed by atoms with Crippen molar-refractivity contribution in [1.82, 2.24) is 19.7 Å². The Kier molecular flexibility index (Phi) is 2.40. The summed E-state index contributed by atoms with van der Waals surface area (Å²) >= 11 is 3.37. The molecule has 0 aliphatic rings. The number of aryl methyl sites for hydroxylation is 1. The van der Waals surface area contributed by atoms with Gasteiger partial charge in [0.2, 0.25) is 0 Å². The second-order valence-corrected chi connectivity index (χ2v) is 4.64. The number of nitrogens with zero attached hydrogens (tertiary/aromatic N) is 4. The molecule has 5 heteroatoms. The molecule has 0 fully saturated rings. The lowest BCUT2D eigenvalue weighted by Crippen LogP contribution is -2.03. The van der Waals surface area contributed by atoms with Crippen LogP contribution in [0.15, 0.2) is 41.1 Å². The maximum absolute atomic E-state index is 4.58. The molecule has 0 atom stereocenters. The lowest BCUT2D eigenvalue weighted by Gasteiger charge is -2.05. The zero-order chi connectivity index (χ0) is 11.8. The van der Waals surface area contributed by atoms with Crippen LogP contribution in [0.4, 0.5) is 0 Å². The van der Waals surface area contributed by atoms with Crippen molar-refractivity contribution >= 4 is 27.0 Å². The highest BCUT2D eigenvalue weighted by molar-refractivity contribution is 9.10. The molecule has 0 spiro atoms. The largest absolute Gasteiger partial charge is 0.248 e. The second kappa shape index (κ2) is 3.92. The Morgan fingerprint density at radius 1 is 1.12 bits per heavy atom. The molecule has 1 aromatic carbocycles. The molecule has 2 heterocycles. The van der Waals surface area contributed by atoms with E-state index in [9.17, 15) is 0 Å². The van der Waals surface area contributed by atoms with Gasteiger partial charge in [-0.1, -0.05) is 12.1 Å². The van der Waals surface area contributed by atoms with Crippen LogP contribution in [0, 0.1) is 6.92 Å². The minimum Gasteiger partial charge on any atom is -0.248 e. The molecule has 17 heavy (non-hydrogen) atoms. The highest BCUT2D eigenvalue weighted by Crippen LogP contribution is 2.16. The van der Waals surface area contributed by atoms with Gasteiger partial charge in [-0.25, -0.2) is 14.6 Å². The summed E-state index contributed by atoms with van der Waals surface area (Å²) in [6.45, 7) is 1.93. The molecule has 0 N–H and O–H groups in total. The van der Waals surface area contributed by atoms with Gasteiger partial charge in [-0.05, 0) is 35.0 Å². The van der Waals surface area contributed by atoms with Crippen LogP contribution in [0.5, 0.6) is 0 Å². The number of rotatable bonds is 1. The fraction of sp³-hybridized carbons (Fsp3) is 0.0833. The van der Waals surface area contributed by atoms with Crippen molar-refractivity contribution in [3.8, 4) is 5.82 Å². The van der Waals surface area contributed by atoms with E-state index in [1.165, 1.54) is 0 Å². The van der Waals surface area contributed by atoms with E-state index in [1.54, 1.807) is 10.9 Å². The van der Waals surface area contributed by atoms with Gasteiger partial charge in [0.05, 0.1) is 27.4 Å². The summed E-state index contributed by atoms with van der Waals surface area (Å²) in [6.07, 6.45) is 3.60. The molecule has 3 aromatic rings. The first-order valence-electron chi connectivity index (χ1n) is 5.18. The molecule has 84 valence electrons. The minimum absolute atomic E-state index is 0.759. The number of hydrogen-bond donors (Lipinski definition) is 0. The first kappa shape index (κ1) is 10.4. The van der Waals surface area contributed by atoms with Crippen LogP contribution in [-0.4, -0.2) is 19.7 Å². The summed E-state index contributed by atoms with van der Waals surface area (Å²) in [5.41, 5.74) is 2.64. The predicted molar refractivity (Wildman–Crippen MR) is 69.1 cm³/mol. The van der Waals surface area contributed by atoms with Crippen molar-refractivity contribution in [2.24, 2.45) is 0 Å². The molecule has 2 aromatic heterocycles. The molecule has 0 aliphatic carbocycles. The molecule has 3 rings (SSSR count). The Labute approximate surface area is 106 Å². The number of benzene rings is 1. The summed E-state index contributed by atoms with van der Waals surface area (Å²) in [5.74, 6) is 0.759. The van der Waals surface area contributed by atoms with Crippen LogP contribution in [0.25, 0.3) is 16.9 Å². The van der Waals surface area contributed by atoms with Gasteiger partial charge < -0.3 is 0 Å².